The molecule has 4 aromatic rings. The number of halogens is 8. The van der Waals surface area contributed by atoms with Gasteiger partial charge < -0.3 is 10.6 Å². The minimum Gasteiger partial charge on any atom is -0.309 e. The molecule has 0 aliphatic carbocycles. The third-order valence-electron chi connectivity index (χ3n) is 5.24. The van der Waals surface area contributed by atoms with Gasteiger partial charge in [-0.25, -0.2) is 17.6 Å². The van der Waals surface area contributed by atoms with Crippen LogP contribution in [0.4, 0.5) is 42.4 Å². The number of hydrogen-bond acceptors (Lipinski definition) is 4. The predicted octanol–water partition coefficient (Wildman–Crippen LogP) is 6.94. The maximum atomic E-state index is 13.8. The molecule has 0 saturated carbocycles. The first kappa shape index (κ1) is 29.9. The van der Waals surface area contributed by atoms with Gasteiger partial charge >= 0.3 is 6.18 Å². The number of rotatable bonds is 6. The lowest BCUT2D eigenvalue weighted by atomic mass is 10.1. The second-order valence-electron chi connectivity index (χ2n) is 8.09. The highest BCUT2D eigenvalue weighted by Gasteiger charge is 2.35. The lowest BCUT2D eigenvalue weighted by Crippen LogP contribution is -2.11. The van der Waals surface area contributed by atoms with Gasteiger partial charge in [0.25, 0.3) is 0 Å². The summed E-state index contributed by atoms with van der Waals surface area (Å²) in [7, 11) is 0. The molecule has 0 aliphatic rings. The van der Waals surface area contributed by atoms with E-state index in [-0.39, 0.29) is 46.8 Å². The highest BCUT2D eigenvalue weighted by molar-refractivity contribution is 9.10. The van der Waals surface area contributed by atoms with Gasteiger partial charge in [0.2, 0.25) is 11.8 Å². The number of hydrogen-bond donors (Lipinski definition) is 4. The number of H-pyrrole nitrogens is 2. The fraction of sp³-hybridized carbons (Fsp3) is 0.304. The third-order valence-corrected chi connectivity index (χ3v) is 5.93. The van der Waals surface area contributed by atoms with Crippen molar-refractivity contribution in [1.29, 1.82) is 0 Å². The summed E-state index contributed by atoms with van der Waals surface area (Å²) >= 11 is 2.61. The minimum absolute atomic E-state index is 0.0195. The summed E-state index contributed by atoms with van der Waals surface area (Å²) in [6.45, 7) is 3.59. The van der Waals surface area contributed by atoms with Gasteiger partial charge in [-0.1, -0.05) is 13.8 Å². The van der Waals surface area contributed by atoms with Crippen LogP contribution in [0.1, 0.15) is 45.1 Å². The maximum absolute atomic E-state index is 13.8. The summed E-state index contributed by atoms with van der Waals surface area (Å²) in [6.07, 6.45) is -3.13. The molecule has 0 bridgehead atoms. The number of anilines is 2. The smallest absolute Gasteiger partial charge is 0.309 e. The number of benzene rings is 2. The van der Waals surface area contributed by atoms with Gasteiger partial charge in [0, 0.05) is 18.2 Å². The number of aromatic amines is 2. The van der Waals surface area contributed by atoms with Gasteiger partial charge in [-0.3, -0.25) is 19.8 Å². The molecule has 0 radical (unpaired) electrons. The molecule has 0 aliphatic heterocycles. The van der Waals surface area contributed by atoms with E-state index in [2.05, 4.69) is 47.0 Å². The van der Waals surface area contributed by atoms with Gasteiger partial charge in [-0.15, -0.1) is 0 Å². The number of fused-ring (bicyclic) bond motifs is 2. The molecule has 2 aromatic heterocycles. The monoisotopic (exact) mass is 624 g/mol. The standard InChI is InChI=1S/C12H11F4N3O.C11H9BrF3N3O/c1-2-3-8(20)17-11-6-4-5-7(12(14,15)16)9(13)10(6)18-19-11;1-2-3-4(19)16-11-5-7(13)8(14)6(12)9(15)10(5)17-18-11/h4-5H,2-3H2,1H3,(H2,17,18,19,20);2-3H2,1H3,(H2,16,17,18,19). The number of alkyl halides is 3. The summed E-state index contributed by atoms with van der Waals surface area (Å²) in [5, 5.41) is 16.1. The molecule has 0 atom stereocenters. The summed E-state index contributed by atoms with van der Waals surface area (Å²) in [6, 6.07) is 1.70. The van der Waals surface area contributed by atoms with Crippen LogP contribution in [0.2, 0.25) is 0 Å². The van der Waals surface area contributed by atoms with Crippen molar-refractivity contribution in [2.24, 2.45) is 0 Å². The SMILES string of the molecule is CCCC(=O)Nc1n[nH]c2c(F)c(Br)c(F)c(F)c12.CCCC(=O)Nc1n[nH]c2c(F)c(C(F)(F)F)ccc12. The van der Waals surface area contributed by atoms with E-state index in [1.54, 1.807) is 13.8 Å². The van der Waals surface area contributed by atoms with E-state index in [1.807, 2.05) is 0 Å². The Morgan fingerprint density at radius 3 is 1.92 bits per heavy atom. The zero-order chi connectivity index (χ0) is 29.1. The molecule has 0 spiro atoms. The van der Waals surface area contributed by atoms with Gasteiger partial charge in [0.05, 0.1) is 15.4 Å². The number of carbonyl (C=O) groups excluding carboxylic acids is 2. The Bertz CT molecular complexity index is 1530. The summed E-state index contributed by atoms with van der Waals surface area (Å²) in [5.41, 5.74) is -2.07. The van der Waals surface area contributed by atoms with Crippen LogP contribution in [0.15, 0.2) is 16.6 Å². The van der Waals surface area contributed by atoms with Gasteiger partial charge in [0.15, 0.2) is 34.9 Å². The minimum atomic E-state index is -4.78. The largest absolute Gasteiger partial charge is 0.419 e. The molecule has 16 heteroatoms. The molecule has 2 amide bonds. The van der Waals surface area contributed by atoms with Crippen molar-refractivity contribution >= 4 is 61.2 Å². The Labute approximate surface area is 223 Å². The number of nitrogens with one attached hydrogen (secondary N) is 4. The second kappa shape index (κ2) is 12.0. The summed E-state index contributed by atoms with van der Waals surface area (Å²) in [4.78, 5) is 22.8. The quantitative estimate of drug-likeness (QED) is 0.106. The predicted molar refractivity (Wildman–Crippen MR) is 132 cm³/mol. The first-order valence-electron chi connectivity index (χ1n) is 11.3. The van der Waals surface area contributed by atoms with Crippen molar-refractivity contribution in [2.75, 3.05) is 10.6 Å². The average Bonchev–Trinajstić information content (AvgIpc) is 3.46. The molecule has 2 heterocycles. The van der Waals surface area contributed by atoms with E-state index in [4.69, 9.17) is 0 Å². The third kappa shape index (κ3) is 6.32. The lowest BCUT2D eigenvalue weighted by Gasteiger charge is -2.08. The molecule has 0 unspecified atom stereocenters. The van der Waals surface area contributed by atoms with Crippen molar-refractivity contribution in [2.45, 2.75) is 45.7 Å². The van der Waals surface area contributed by atoms with E-state index in [0.29, 0.717) is 18.9 Å². The number of nitrogens with zero attached hydrogens (tertiary/aromatic N) is 2. The number of aromatic nitrogens is 4. The lowest BCUT2D eigenvalue weighted by molar-refractivity contribution is -0.139. The summed E-state index contributed by atoms with van der Waals surface area (Å²) in [5.74, 6) is -6.01. The van der Waals surface area contributed by atoms with Crippen LogP contribution in [0.3, 0.4) is 0 Å². The van der Waals surface area contributed by atoms with Crippen LogP contribution in [-0.2, 0) is 15.8 Å². The van der Waals surface area contributed by atoms with Crippen molar-refractivity contribution in [3.05, 3.63) is 45.4 Å². The van der Waals surface area contributed by atoms with E-state index in [0.717, 1.165) is 6.07 Å². The maximum Gasteiger partial charge on any atom is 0.419 e. The van der Waals surface area contributed by atoms with Gasteiger partial charge in [0.1, 0.15) is 11.0 Å². The molecular formula is C23H20BrF7N6O2. The Morgan fingerprint density at radius 2 is 1.36 bits per heavy atom. The van der Waals surface area contributed by atoms with E-state index >= 15 is 0 Å². The van der Waals surface area contributed by atoms with E-state index < -0.39 is 50.8 Å². The molecular weight excluding hydrogens is 605 g/mol. The average molecular weight is 625 g/mol. The molecule has 4 rings (SSSR count). The van der Waals surface area contributed by atoms with Crippen molar-refractivity contribution in [1.82, 2.24) is 20.4 Å². The fourth-order valence-electron chi connectivity index (χ4n) is 3.43. The first-order valence-corrected chi connectivity index (χ1v) is 12.1. The normalized spacial score (nSPS) is 11.4. The van der Waals surface area contributed by atoms with Crippen LogP contribution >= 0.6 is 15.9 Å². The van der Waals surface area contributed by atoms with Crippen LogP contribution in [0, 0.1) is 23.3 Å². The summed E-state index contributed by atoms with van der Waals surface area (Å²) < 4.78 is 91.7. The number of carbonyl (C=O) groups is 2. The molecule has 2 aromatic carbocycles. The number of amides is 2. The Balaban J connectivity index is 0.000000216. The van der Waals surface area contributed by atoms with Crippen molar-refractivity contribution in [3.8, 4) is 0 Å². The second-order valence-corrected chi connectivity index (χ2v) is 8.89. The molecule has 210 valence electrons. The van der Waals surface area contributed by atoms with E-state index in [1.165, 1.54) is 0 Å². The Morgan fingerprint density at radius 1 is 0.821 bits per heavy atom. The van der Waals surface area contributed by atoms with Crippen LogP contribution in [0.5, 0.6) is 0 Å². The molecule has 0 saturated heterocycles. The molecule has 0 fully saturated rings. The van der Waals surface area contributed by atoms with Crippen LogP contribution < -0.4 is 10.6 Å². The van der Waals surface area contributed by atoms with Gasteiger partial charge in [-0.05, 0) is 40.9 Å². The van der Waals surface area contributed by atoms with Crippen molar-refractivity contribution < 1.29 is 40.3 Å². The molecule has 8 nitrogen and oxygen atoms in total. The van der Waals surface area contributed by atoms with Crippen LogP contribution in [-0.4, -0.2) is 32.2 Å². The highest BCUT2D eigenvalue weighted by Crippen LogP contribution is 2.36. The topological polar surface area (TPSA) is 116 Å². The van der Waals surface area contributed by atoms with Gasteiger partial charge in [-0.2, -0.15) is 23.4 Å². The molecule has 39 heavy (non-hydrogen) atoms. The first-order chi connectivity index (χ1) is 18.3. The van der Waals surface area contributed by atoms with Crippen LogP contribution in [0.25, 0.3) is 21.8 Å². The molecule has 4 N–H and O–H groups in total. The Kier molecular flexibility index (Phi) is 9.19. The van der Waals surface area contributed by atoms with E-state index in [9.17, 15) is 40.3 Å². The Hall–Kier alpha value is -3.69. The fourth-order valence-corrected chi connectivity index (χ4v) is 3.80. The zero-order valence-corrected chi connectivity index (χ0v) is 21.8. The zero-order valence-electron chi connectivity index (χ0n) is 20.2. The highest BCUT2D eigenvalue weighted by atomic mass is 79.9. The van der Waals surface area contributed by atoms with Crippen molar-refractivity contribution in [3.63, 3.8) is 0 Å².